The van der Waals surface area contributed by atoms with Crippen LogP contribution in [0.4, 0.5) is 0 Å². The van der Waals surface area contributed by atoms with Gasteiger partial charge < -0.3 is 10.1 Å². The second-order valence-electron chi connectivity index (χ2n) is 5.16. The van der Waals surface area contributed by atoms with Gasteiger partial charge in [-0.1, -0.05) is 35.9 Å². The van der Waals surface area contributed by atoms with Crippen LogP contribution in [0, 0.1) is 6.92 Å². The van der Waals surface area contributed by atoms with Crippen LogP contribution in [0.1, 0.15) is 22.3 Å². The van der Waals surface area contributed by atoms with E-state index in [4.69, 9.17) is 4.74 Å². The zero-order valence-electron chi connectivity index (χ0n) is 13.0. The van der Waals surface area contributed by atoms with Gasteiger partial charge >= 0.3 is 0 Å². The highest BCUT2D eigenvalue weighted by molar-refractivity contribution is 7.97. The summed E-state index contributed by atoms with van der Waals surface area (Å²) in [5.41, 5.74) is 5.26. The molecular weight excluding hydrogens is 278 g/mol. The molecule has 0 aliphatic carbocycles. The predicted molar refractivity (Wildman–Crippen MR) is 91.9 cm³/mol. The molecule has 0 aromatic heterocycles. The second kappa shape index (κ2) is 8.11. The third-order valence-electron chi connectivity index (χ3n) is 3.33. The van der Waals surface area contributed by atoms with Crippen LogP contribution in [-0.2, 0) is 18.1 Å². The van der Waals surface area contributed by atoms with Crippen LogP contribution in [0.15, 0.2) is 42.5 Å². The number of hydrogen-bond donors (Lipinski definition) is 1. The lowest BCUT2D eigenvalue weighted by Crippen LogP contribution is -2.05. The summed E-state index contributed by atoms with van der Waals surface area (Å²) in [4.78, 5) is 0. The summed E-state index contributed by atoms with van der Waals surface area (Å²) >= 11 is 1.92. The summed E-state index contributed by atoms with van der Waals surface area (Å²) in [5.74, 6) is 2.97. The van der Waals surface area contributed by atoms with Crippen molar-refractivity contribution in [2.45, 2.75) is 25.0 Å². The number of nitrogens with one attached hydrogen (secondary N) is 1. The summed E-state index contributed by atoms with van der Waals surface area (Å²) in [7, 11) is 3.71. The molecule has 0 unspecified atom stereocenters. The molecule has 0 atom stereocenters. The highest BCUT2D eigenvalue weighted by Crippen LogP contribution is 2.26. The lowest BCUT2D eigenvalue weighted by Gasteiger charge is -2.11. The standard InChI is InChI=1S/C18H23NOS/c1-14-5-4-6-16(9-14)12-21-13-17-10-15(11-19-2)7-8-18(17)20-3/h4-10,19H,11-13H2,1-3H3. The van der Waals surface area contributed by atoms with E-state index in [2.05, 4.69) is 54.7 Å². The molecule has 2 aromatic carbocycles. The van der Waals surface area contributed by atoms with Crippen molar-refractivity contribution in [3.63, 3.8) is 0 Å². The van der Waals surface area contributed by atoms with Crippen molar-refractivity contribution in [3.05, 3.63) is 64.7 Å². The first kappa shape index (κ1) is 15.9. The Hall–Kier alpha value is -1.45. The van der Waals surface area contributed by atoms with Gasteiger partial charge in [0, 0.05) is 23.6 Å². The molecule has 0 aliphatic rings. The summed E-state index contributed by atoms with van der Waals surface area (Å²) in [6.45, 7) is 3.03. The lowest BCUT2D eigenvalue weighted by molar-refractivity contribution is 0.411. The van der Waals surface area contributed by atoms with Gasteiger partial charge in [-0.25, -0.2) is 0 Å². The van der Waals surface area contributed by atoms with E-state index in [1.165, 1.54) is 22.3 Å². The maximum absolute atomic E-state index is 5.47. The van der Waals surface area contributed by atoms with Crippen LogP contribution < -0.4 is 10.1 Å². The van der Waals surface area contributed by atoms with Crippen LogP contribution in [0.3, 0.4) is 0 Å². The first-order valence-corrected chi connectivity index (χ1v) is 8.32. The monoisotopic (exact) mass is 301 g/mol. The fourth-order valence-electron chi connectivity index (χ4n) is 2.34. The Kier molecular flexibility index (Phi) is 6.15. The van der Waals surface area contributed by atoms with Crippen LogP contribution >= 0.6 is 11.8 Å². The van der Waals surface area contributed by atoms with Gasteiger partial charge in [0.25, 0.3) is 0 Å². The minimum atomic E-state index is 0.888. The van der Waals surface area contributed by atoms with E-state index in [1.54, 1.807) is 7.11 Å². The Labute approximate surface area is 131 Å². The summed E-state index contributed by atoms with van der Waals surface area (Å²) in [6.07, 6.45) is 0. The Morgan fingerprint density at radius 1 is 1.05 bits per heavy atom. The van der Waals surface area contributed by atoms with Crippen LogP contribution in [0.25, 0.3) is 0 Å². The van der Waals surface area contributed by atoms with Gasteiger partial charge in [-0.15, -0.1) is 0 Å². The molecule has 0 saturated heterocycles. The quantitative estimate of drug-likeness (QED) is 0.830. The first-order valence-electron chi connectivity index (χ1n) is 7.16. The van der Waals surface area contributed by atoms with Gasteiger partial charge in [0.05, 0.1) is 7.11 Å². The molecule has 2 aromatic rings. The fourth-order valence-corrected chi connectivity index (χ4v) is 3.30. The zero-order valence-corrected chi connectivity index (χ0v) is 13.8. The summed E-state index contributed by atoms with van der Waals surface area (Å²) < 4.78 is 5.47. The van der Waals surface area contributed by atoms with Gasteiger partial charge in [0.1, 0.15) is 5.75 Å². The van der Waals surface area contributed by atoms with Gasteiger partial charge in [-0.05, 0) is 37.2 Å². The van der Waals surface area contributed by atoms with Gasteiger partial charge in [0.15, 0.2) is 0 Å². The first-order chi connectivity index (χ1) is 10.2. The van der Waals surface area contributed by atoms with Crippen LogP contribution in [0.5, 0.6) is 5.75 Å². The average Bonchev–Trinajstić information content (AvgIpc) is 2.48. The average molecular weight is 301 g/mol. The maximum Gasteiger partial charge on any atom is 0.122 e. The molecule has 2 nitrogen and oxygen atoms in total. The molecule has 1 N–H and O–H groups in total. The van der Waals surface area contributed by atoms with E-state index >= 15 is 0 Å². The number of benzene rings is 2. The number of ether oxygens (including phenoxy) is 1. The molecule has 0 fully saturated rings. The van der Waals surface area contributed by atoms with Crippen molar-refractivity contribution in [1.82, 2.24) is 5.32 Å². The van der Waals surface area contributed by atoms with Crippen molar-refractivity contribution in [2.24, 2.45) is 0 Å². The molecule has 0 amide bonds. The second-order valence-corrected chi connectivity index (χ2v) is 6.14. The van der Waals surface area contributed by atoms with E-state index in [1.807, 2.05) is 18.8 Å². The molecule has 0 heterocycles. The molecule has 2 rings (SSSR count). The van der Waals surface area contributed by atoms with Crippen LogP contribution in [0.2, 0.25) is 0 Å². The Bertz CT molecular complexity index is 583. The number of methoxy groups -OCH3 is 1. The van der Waals surface area contributed by atoms with Crippen molar-refractivity contribution >= 4 is 11.8 Å². The molecule has 0 saturated carbocycles. The normalized spacial score (nSPS) is 10.6. The van der Waals surface area contributed by atoms with Gasteiger partial charge in [0.2, 0.25) is 0 Å². The van der Waals surface area contributed by atoms with Crippen molar-refractivity contribution in [2.75, 3.05) is 14.2 Å². The number of aryl methyl sites for hydroxylation is 1. The molecule has 112 valence electrons. The fraction of sp³-hybridized carbons (Fsp3) is 0.333. The SMILES string of the molecule is CNCc1ccc(OC)c(CSCc2cccc(C)c2)c1. The minimum absolute atomic E-state index is 0.888. The van der Waals surface area contributed by atoms with Gasteiger partial charge in [-0.2, -0.15) is 11.8 Å². The van der Waals surface area contributed by atoms with E-state index in [-0.39, 0.29) is 0 Å². The molecular formula is C18H23NOS. The molecule has 3 heteroatoms. The highest BCUT2D eigenvalue weighted by Gasteiger charge is 2.05. The third-order valence-corrected chi connectivity index (χ3v) is 4.39. The van der Waals surface area contributed by atoms with Crippen molar-refractivity contribution < 1.29 is 4.74 Å². The highest BCUT2D eigenvalue weighted by atomic mass is 32.2. The number of hydrogen-bond acceptors (Lipinski definition) is 3. The largest absolute Gasteiger partial charge is 0.496 e. The maximum atomic E-state index is 5.47. The van der Waals surface area contributed by atoms with E-state index in [0.29, 0.717) is 0 Å². The Morgan fingerprint density at radius 3 is 2.62 bits per heavy atom. The molecule has 0 radical (unpaired) electrons. The Morgan fingerprint density at radius 2 is 1.90 bits per heavy atom. The van der Waals surface area contributed by atoms with Crippen molar-refractivity contribution in [3.8, 4) is 5.75 Å². The molecule has 0 spiro atoms. The molecule has 0 aliphatic heterocycles. The molecule has 0 bridgehead atoms. The topological polar surface area (TPSA) is 21.3 Å². The smallest absolute Gasteiger partial charge is 0.122 e. The zero-order chi connectivity index (χ0) is 15.1. The summed E-state index contributed by atoms with van der Waals surface area (Å²) in [6, 6.07) is 15.1. The molecule has 21 heavy (non-hydrogen) atoms. The lowest BCUT2D eigenvalue weighted by atomic mass is 10.1. The summed E-state index contributed by atoms with van der Waals surface area (Å²) in [5, 5.41) is 3.19. The number of thioether (sulfide) groups is 1. The van der Waals surface area contributed by atoms with E-state index in [9.17, 15) is 0 Å². The predicted octanol–water partition coefficient (Wildman–Crippen LogP) is 4.16. The van der Waals surface area contributed by atoms with E-state index < -0.39 is 0 Å². The van der Waals surface area contributed by atoms with Crippen molar-refractivity contribution in [1.29, 1.82) is 0 Å². The van der Waals surface area contributed by atoms with Gasteiger partial charge in [-0.3, -0.25) is 0 Å². The van der Waals surface area contributed by atoms with E-state index in [0.717, 1.165) is 23.8 Å². The minimum Gasteiger partial charge on any atom is -0.496 e. The Balaban J connectivity index is 1.99. The number of rotatable bonds is 7. The van der Waals surface area contributed by atoms with Crippen LogP contribution in [-0.4, -0.2) is 14.2 Å². The third kappa shape index (κ3) is 4.80.